The summed E-state index contributed by atoms with van der Waals surface area (Å²) < 4.78 is 0. The van der Waals surface area contributed by atoms with E-state index in [0.29, 0.717) is 0 Å². The van der Waals surface area contributed by atoms with Gasteiger partial charge in [-0.3, -0.25) is 4.90 Å². The van der Waals surface area contributed by atoms with Gasteiger partial charge in [0.25, 0.3) is 0 Å². The van der Waals surface area contributed by atoms with Gasteiger partial charge in [0.05, 0.1) is 0 Å². The molecule has 0 spiro atoms. The van der Waals surface area contributed by atoms with Crippen LogP contribution in [0.1, 0.15) is 28.8 Å². The van der Waals surface area contributed by atoms with Gasteiger partial charge in [0.1, 0.15) is 0 Å². The van der Waals surface area contributed by atoms with E-state index in [9.17, 15) is 0 Å². The molecule has 1 fully saturated rings. The molecule has 29 heavy (non-hydrogen) atoms. The van der Waals surface area contributed by atoms with Gasteiger partial charge >= 0.3 is 0 Å². The summed E-state index contributed by atoms with van der Waals surface area (Å²) in [6, 6.07) is 13.4. The molecular weight excluding hydrogens is 378 g/mol. The molecule has 3 rings (SSSR count). The molecule has 1 aliphatic heterocycles. The maximum atomic E-state index is 3.59. The zero-order valence-electron chi connectivity index (χ0n) is 17.6. The van der Waals surface area contributed by atoms with Crippen molar-refractivity contribution in [3.63, 3.8) is 0 Å². The standard InChI is InChI=1S/C23H37N5S/c1-4-23(29-17-1)19-27-18-21-5-7-22(8-6-21)20-28-15-3-11-25-13-12-24-9-2-10-26-14-16-28/h1,4-8,17,24-27H,2-3,9-16,18-20H2. The lowest BCUT2D eigenvalue weighted by molar-refractivity contribution is 0.260. The summed E-state index contributed by atoms with van der Waals surface area (Å²) in [5.41, 5.74) is 2.76. The fourth-order valence-electron chi connectivity index (χ4n) is 3.59. The van der Waals surface area contributed by atoms with Crippen molar-refractivity contribution in [2.24, 2.45) is 0 Å². The fraction of sp³-hybridized carbons (Fsp3) is 0.565. The van der Waals surface area contributed by atoms with Crippen LogP contribution >= 0.6 is 11.3 Å². The number of thiophene rings is 1. The van der Waals surface area contributed by atoms with Crippen LogP contribution in [0.2, 0.25) is 0 Å². The third-order valence-electron chi connectivity index (χ3n) is 5.26. The molecule has 0 aliphatic carbocycles. The normalized spacial score (nSPS) is 18.3. The minimum atomic E-state index is 0.923. The van der Waals surface area contributed by atoms with Gasteiger partial charge < -0.3 is 21.3 Å². The van der Waals surface area contributed by atoms with Gasteiger partial charge in [-0.25, -0.2) is 0 Å². The Morgan fingerprint density at radius 3 is 2.24 bits per heavy atom. The Morgan fingerprint density at radius 2 is 1.48 bits per heavy atom. The maximum Gasteiger partial charge on any atom is 0.0302 e. The van der Waals surface area contributed by atoms with Crippen molar-refractivity contribution >= 4 is 11.3 Å². The van der Waals surface area contributed by atoms with Crippen LogP contribution in [-0.4, -0.2) is 57.3 Å². The van der Waals surface area contributed by atoms with Crippen molar-refractivity contribution in [1.82, 2.24) is 26.2 Å². The molecule has 1 aromatic heterocycles. The average Bonchev–Trinajstić information content (AvgIpc) is 3.25. The van der Waals surface area contributed by atoms with Gasteiger partial charge in [-0.05, 0) is 61.6 Å². The Morgan fingerprint density at radius 1 is 0.759 bits per heavy atom. The zero-order chi connectivity index (χ0) is 20.0. The van der Waals surface area contributed by atoms with Crippen molar-refractivity contribution in [2.45, 2.75) is 32.5 Å². The molecule has 0 amide bonds. The molecule has 6 heteroatoms. The first-order chi connectivity index (χ1) is 14.4. The van der Waals surface area contributed by atoms with E-state index in [-0.39, 0.29) is 0 Å². The first-order valence-corrected chi connectivity index (χ1v) is 11.9. The number of rotatable bonds is 6. The Hall–Kier alpha value is -1.28. The van der Waals surface area contributed by atoms with E-state index in [1.807, 2.05) is 11.3 Å². The second kappa shape index (κ2) is 13.9. The van der Waals surface area contributed by atoms with Crippen LogP contribution in [-0.2, 0) is 19.6 Å². The highest BCUT2D eigenvalue weighted by Gasteiger charge is 2.07. The van der Waals surface area contributed by atoms with Crippen LogP contribution in [0.5, 0.6) is 0 Å². The van der Waals surface area contributed by atoms with E-state index in [2.05, 4.69) is 67.9 Å². The first-order valence-electron chi connectivity index (χ1n) is 11.1. The molecule has 0 radical (unpaired) electrons. The first kappa shape index (κ1) is 22.4. The van der Waals surface area contributed by atoms with Crippen molar-refractivity contribution in [1.29, 1.82) is 0 Å². The Kier molecular flexibility index (Phi) is 10.7. The van der Waals surface area contributed by atoms with Gasteiger partial charge in [0.15, 0.2) is 0 Å². The highest BCUT2D eigenvalue weighted by Crippen LogP contribution is 2.10. The minimum absolute atomic E-state index is 0.923. The Bertz CT molecular complexity index is 630. The Labute approximate surface area is 180 Å². The lowest BCUT2D eigenvalue weighted by atomic mass is 10.1. The van der Waals surface area contributed by atoms with Gasteiger partial charge in [0.2, 0.25) is 0 Å². The highest BCUT2D eigenvalue weighted by molar-refractivity contribution is 7.09. The van der Waals surface area contributed by atoms with Gasteiger partial charge in [-0.1, -0.05) is 30.3 Å². The molecule has 0 unspecified atom stereocenters. The summed E-state index contributed by atoms with van der Waals surface area (Å²) in [5.74, 6) is 0. The lowest BCUT2D eigenvalue weighted by Gasteiger charge is -2.23. The van der Waals surface area contributed by atoms with Crippen LogP contribution in [0.3, 0.4) is 0 Å². The molecule has 160 valence electrons. The number of benzene rings is 1. The van der Waals surface area contributed by atoms with E-state index >= 15 is 0 Å². The van der Waals surface area contributed by atoms with Gasteiger partial charge in [-0.2, -0.15) is 0 Å². The van der Waals surface area contributed by atoms with Crippen LogP contribution in [0, 0.1) is 0 Å². The number of hydrogen-bond acceptors (Lipinski definition) is 6. The predicted octanol–water partition coefficient (Wildman–Crippen LogP) is 2.40. The summed E-state index contributed by atoms with van der Waals surface area (Å²) in [6.45, 7) is 11.7. The molecule has 1 aromatic carbocycles. The lowest BCUT2D eigenvalue weighted by Crippen LogP contribution is -2.36. The van der Waals surface area contributed by atoms with E-state index in [1.54, 1.807) is 0 Å². The fourth-order valence-corrected chi connectivity index (χ4v) is 4.26. The number of nitrogens with zero attached hydrogens (tertiary/aromatic N) is 1. The maximum absolute atomic E-state index is 3.59. The molecule has 1 saturated heterocycles. The summed E-state index contributed by atoms with van der Waals surface area (Å²) in [6.07, 6.45) is 2.40. The van der Waals surface area contributed by atoms with Crippen LogP contribution < -0.4 is 21.3 Å². The smallest absolute Gasteiger partial charge is 0.0302 e. The van der Waals surface area contributed by atoms with Crippen molar-refractivity contribution in [3.05, 3.63) is 57.8 Å². The highest BCUT2D eigenvalue weighted by atomic mass is 32.1. The van der Waals surface area contributed by atoms with Crippen molar-refractivity contribution < 1.29 is 0 Å². The van der Waals surface area contributed by atoms with Crippen LogP contribution in [0.25, 0.3) is 0 Å². The molecule has 5 nitrogen and oxygen atoms in total. The number of nitrogens with one attached hydrogen (secondary N) is 4. The quantitative estimate of drug-likeness (QED) is 0.584. The largest absolute Gasteiger partial charge is 0.315 e. The second-order valence-electron chi connectivity index (χ2n) is 7.73. The monoisotopic (exact) mass is 415 g/mol. The molecule has 2 aromatic rings. The van der Waals surface area contributed by atoms with E-state index in [4.69, 9.17) is 0 Å². The summed E-state index contributed by atoms with van der Waals surface area (Å²) >= 11 is 1.81. The van der Waals surface area contributed by atoms with Crippen molar-refractivity contribution in [3.8, 4) is 0 Å². The minimum Gasteiger partial charge on any atom is -0.315 e. The third kappa shape index (κ3) is 9.38. The molecule has 1 aliphatic rings. The summed E-state index contributed by atoms with van der Waals surface area (Å²) in [4.78, 5) is 3.98. The summed E-state index contributed by atoms with van der Waals surface area (Å²) in [7, 11) is 0. The molecule has 0 bridgehead atoms. The zero-order valence-corrected chi connectivity index (χ0v) is 18.4. The topological polar surface area (TPSA) is 51.4 Å². The molecular formula is C23H37N5S. The molecule has 4 N–H and O–H groups in total. The average molecular weight is 416 g/mol. The van der Waals surface area contributed by atoms with Gasteiger partial charge in [-0.15, -0.1) is 11.3 Å². The van der Waals surface area contributed by atoms with Gasteiger partial charge in [0, 0.05) is 50.7 Å². The van der Waals surface area contributed by atoms with E-state index < -0.39 is 0 Å². The third-order valence-corrected chi connectivity index (χ3v) is 6.13. The summed E-state index contributed by atoms with van der Waals surface area (Å²) in [5, 5.41) is 16.3. The van der Waals surface area contributed by atoms with E-state index in [1.165, 1.54) is 28.8 Å². The molecule has 0 saturated carbocycles. The molecule has 0 atom stereocenters. The van der Waals surface area contributed by atoms with E-state index in [0.717, 1.165) is 72.0 Å². The Balaban J connectivity index is 1.42. The van der Waals surface area contributed by atoms with Crippen LogP contribution in [0.4, 0.5) is 0 Å². The molecule has 2 heterocycles. The number of hydrogen-bond donors (Lipinski definition) is 4. The van der Waals surface area contributed by atoms with Crippen LogP contribution in [0.15, 0.2) is 41.8 Å². The predicted molar refractivity (Wildman–Crippen MR) is 124 cm³/mol. The van der Waals surface area contributed by atoms with Crippen molar-refractivity contribution in [2.75, 3.05) is 52.4 Å². The SMILES string of the molecule is c1csc(CNCc2ccc(CN3CCCNCCNCCCNCC3)cc2)c1. The second-order valence-corrected chi connectivity index (χ2v) is 8.76.